The minimum absolute atomic E-state index is 0.215. The van der Waals surface area contributed by atoms with Gasteiger partial charge in [-0.05, 0) is 6.42 Å². The number of ether oxygens (including phenoxy) is 2. The topological polar surface area (TPSA) is 84.9 Å². The van der Waals surface area contributed by atoms with Crippen molar-refractivity contribution < 1.29 is 19.7 Å². The summed E-state index contributed by atoms with van der Waals surface area (Å²) in [5, 5.41) is 18.1. The van der Waals surface area contributed by atoms with Crippen LogP contribution >= 0.6 is 0 Å². The molecule has 0 aliphatic carbocycles. The first kappa shape index (κ1) is 9.88. The average molecular weight is 177 g/mol. The van der Waals surface area contributed by atoms with Crippen LogP contribution in [0, 0.1) is 0 Å². The van der Waals surface area contributed by atoms with Gasteiger partial charge < -0.3 is 25.4 Å². The molecule has 4 N–H and O–H groups in total. The van der Waals surface area contributed by atoms with Crippen LogP contribution in [0.25, 0.3) is 0 Å². The summed E-state index contributed by atoms with van der Waals surface area (Å²) in [6, 6.07) is -0.326. The van der Waals surface area contributed by atoms with Crippen LogP contribution in [0.15, 0.2) is 0 Å². The van der Waals surface area contributed by atoms with Gasteiger partial charge in [0.2, 0.25) is 0 Å². The zero-order valence-electron chi connectivity index (χ0n) is 7.01. The fourth-order valence-electron chi connectivity index (χ4n) is 1.30. The average Bonchev–Trinajstić information content (AvgIpc) is 2.05. The molecule has 0 bridgehead atoms. The van der Waals surface area contributed by atoms with Crippen molar-refractivity contribution >= 4 is 0 Å². The van der Waals surface area contributed by atoms with Gasteiger partial charge in [-0.3, -0.25) is 0 Å². The quantitative estimate of drug-likeness (QED) is 0.474. The lowest BCUT2D eigenvalue weighted by Gasteiger charge is -2.36. The second-order valence-corrected chi connectivity index (χ2v) is 2.93. The first-order chi connectivity index (χ1) is 5.69. The molecule has 1 rings (SSSR count). The lowest BCUT2D eigenvalue weighted by atomic mass is 10.0. The van der Waals surface area contributed by atoms with Crippen LogP contribution in [0.5, 0.6) is 0 Å². The molecule has 0 amide bonds. The number of hydrogen-bond acceptors (Lipinski definition) is 5. The standard InChI is InChI=1S/C7H15NO4/c1-11-7-4(8)2-5(10)6(3-9)12-7/h4-7,9-10H,2-3,8H2,1H3/t4-,5+,6-,7-/m1/s1. The van der Waals surface area contributed by atoms with Crippen LogP contribution in [0.4, 0.5) is 0 Å². The Morgan fingerprint density at radius 1 is 1.67 bits per heavy atom. The van der Waals surface area contributed by atoms with Gasteiger partial charge in [-0.1, -0.05) is 0 Å². The lowest BCUT2D eigenvalue weighted by molar-refractivity contribution is -0.227. The molecule has 0 aromatic rings. The molecule has 72 valence electrons. The third-order valence-corrected chi connectivity index (χ3v) is 2.01. The number of nitrogens with two attached hydrogens (primary N) is 1. The van der Waals surface area contributed by atoms with E-state index in [1.54, 1.807) is 0 Å². The molecular formula is C7H15NO4. The summed E-state index contributed by atoms with van der Waals surface area (Å²) in [4.78, 5) is 0. The van der Waals surface area contributed by atoms with Crippen LogP contribution in [-0.2, 0) is 9.47 Å². The van der Waals surface area contributed by atoms with Gasteiger partial charge in [-0.25, -0.2) is 0 Å². The van der Waals surface area contributed by atoms with Gasteiger partial charge in [0.05, 0.1) is 18.8 Å². The maximum atomic E-state index is 9.33. The molecule has 0 spiro atoms. The highest BCUT2D eigenvalue weighted by molar-refractivity contribution is 4.82. The maximum Gasteiger partial charge on any atom is 0.172 e. The van der Waals surface area contributed by atoms with Crippen LogP contribution in [0.3, 0.4) is 0 Å². The fourth-order valence-corrected chi connectivity index (χ4v) is 1.30. The predicted molar refractivity (Wildman–Crippen MR) is 41.4 cm³/mol. The van der Waals surface area contributed by atoms with Crippen LogP contribution in [0.1, 0.15) is 6.42 Å². The van der Waals surface area contributed by atoms with Crippen molar-refractivity contribution in [1.82, 2.24) is 0 Å². The van der Waals surface area contributed by atoms with E-state index in [-0.39, 0.29) is 12.6 Å². The van der Waals surface area contributed by atoms with Crippen LogP contribution in [0.2, 0.25) is 0 Å². The molecule has 1 aliphatic heterocycles. The third-order valence-electron chi connectivity index (χ3n) is 2.01. The van der Waals surface area contributed by atoms with Crippen molar-refractivity contribution in [2.24, 2.45) is 5.73 Å². The monoisotopic (exact) mass is 177 g/mol. The molecule has 0 unspecified atom stereocenters. The number of methoxy groups -OCH3 is 1. The van der Waals surface area contributed by atoms with Crippen LogP contribution < -0.4 is 5.73 Å². The van der Waals surface area contributed by atoms with Gasteiger partial charge in [-0.2, -0.15) is 0 Å². The molecule has 5 heteroatoms. The van der Waals surface area contributed by atoms with Gasteiger partial charge in [-0.15, -0.1) is 0 Å². The molecule has 12 heavy (non-hydrogen) atoms. The van der Waals surface area contributed by atoms with E-state index in [0.717, 1.165) is 0 Å². The minimum Gasteiger partial charge on any atom is -0.394 e. The number of aliphatic hydroxyl groups excluding tert-OH is 2. The highest BCUT2D eigenvalue weighted by Gasteiger charge is 2.34. The Bertz CT molecular complexity index is 129. The summed E-state index contributed by atoms with van der Waals surface area (Å²) < 4.78 is 10.1. The Balaban J connectivity index is 2.50. The Morgan fingerprint density at radius 2 is 2.33 bits per heavy atom. The second-order valence-electron chi connectivity index (χ2n) is 2.93. The van der Waals surface area contributed by atoms with E-state index in [4.69, 9.17) is 20.3 Å². The largest absolute Gasteiger partial charge is 0.394 e. The molecule has 4 atom stereocenters. The number of hydrogen-bond donors (Lipinski definition) is 3. The summed E-state index contributed by atoms with van der Waals surface area (Å²) >= 11 is 0. The third kappa shape index (κ3) is 1.94. The zero-order chi connectivity index (χ0) is 9.14. The first-order valence-corrected chi connectivity index (χ1v) is 3.91. The minimum atomic E-state index is -0.698. The number of aliphatic hydroxyl groups is 2. The highest BCUT2D eigenvalue weighted by atomic mass is 16.7. The molecule has 0 saturated carbocycles. The molecule has 0 radical (unpaired) electrons. The lowest BCUT2D eigenvalue weighted by Crippen LogP contribution is -2.52. The molecule has 1 saturated heterocycles. The maximum absolute atomic E-state index is 9.33. The molecule has 5 nitrogen and oxygen atoms in total. The predicted octanol–water partition coefficient (Wildman–Crippen LogP) is -1.57. The van der Waals surface area contributed by atoms with E-state index in [9.17, 15) is 5.11 Å². The summed E-state index contributed by atoms with van der Waals surface area (Å²) in [7, 11) is 1.48. The molecular weight excluding hydrogens is 162 g/mol. The summed E-state index contributed by atoms with van der Waals surface area (Å²) in [6.45, 7) is -0.215. The van der Waals surface area contributed by atoms with Crippen molar-refractivity contribution in [1.29, 1.82) is 0 Å². The molecule has 1 fully saturated rings. The summed E-state index contributed by atoms with van der Waals surface area (Å²) in [6.07, 6.45) is -1.40. The molecule has 0 aromatic heterocycles. The molecule has 1 aliphatic rings. The zero-order valence-corrected chi connectivity index (χ0v) is 7.01. The van der Waals surface area contributed by atoms with Gasteiger partial charge >= 0.3 is 0 Å². The second kappa shape index (κ2) is 4.15. The van der Waals surface area contributed by atoms with Crippen molar-refractivity contribution in [3.8, 4) is 0 Å². The van der Waals surface area contributed by atoms with E-state index in [2.05, 4.69) is 0 Å². The molecule has 1 heterocycles. The van der Waals surface area contributed by atoms with E-state index in [1.807, 2.05) is 0 Å². The van der Waals surface area contributed by atoms with E-state index >= 15 is 0 Å². The van der Waals surface area contributed by atoms with Gasteiger partial charge in [0.25, 0.3) is 0 Å². The van der Waals surface area contributed by atoms with Crippen LogP contribution in [-0.4, -0.2) is 48.5 Å². The van der Waals surface area contributed by atoms with Crippen molar-refractivity contribution in [2.75, 3.05) is 13.7 Å². The van der Waals surface area contributed by atoms with E-state index in [1.165, 1.54) is 7.11 Å². The smallest absolute Gasteiger partial charge is 0.172 e. The van der Waals surface area contributed by atoms with Gasteiger partial charge in [0.15, 0.2) is 6.29 Å². The summed E-state index contributed by atoms with van der Waals surface area (Å²) in [5.41, 5.74) is 5.61. The fraction of sp³-hybridized carbons (Fsp3) is 1.00. The van der Waals surface area contributed by atoms with E-state index in [0.29, 0.717) is 6.42 Å². The molecule has 0 aromatic carbocycles. The Labute approximate surface area is 71.1 Å². The SMILES string of the molecule is CO[C@@H]1O[C@H](CO)[C@@H](O)C[C@H]1N. The van der Waals surface area contributed by atoms with Gasteiger partial charge in [0.1, 0.15) is 6.10 Å². The van der Waals surface area contributed by atoms with E-state index < -0.39 is 18.5 Å². The Morgan fingerprint density at radius 3 is 2.83 bits per heavy atom. The first-order valence-electron chi connectivity index (χ1n) is 3.91. The number of rotatable bonds is 2. The highest BCUT2D eigenvalue weighted by Crippen LogP contribution is 2.18. The summed E-state index contributed by atoms with van der Waals surface area (Å²) in [5.74, 6) is 0. The Hall–Kier alpha value is -0.200. The normalized spacial score (nSPS) is 43.0. The van der Waals surface area contributed by atoms with Crippen molar-refractivity contribution in [2.45, 2.75) is 31.0 Å². The van der Waals surface area contributed by atoms with Crippen molar-refractivity contribution in [3.05, 3.63) is 0 Å². The Kier molecular flexibility index (Phi) is 3.42. The van der Waals surface area contributed by atoms with Crippen molar-refractivity contribution in [3.63, 3.8) is 0 Å². The van der Waals surface area contributed by atoms with Gasteiger partial charge in [0, 0.05) is 7.11 Å².